The molecular weight excluding hydrogens is 424 g/mol. The van der Waals surface area contributed by atoms with Crippen molar-refractivity contribution in [3.63, 3.8) is 0 Å². The van der Waals surface area contributed by atoms with Gasteiger partial charge in [0.1, 0.15) is 5.75 Å². The molecule has 0 saturated heterocycles. The van der Waals surface area contributed by atoms with E-state index in [2.05, 4.69) is 0 Å². The van der Waals surface area contributed by atoms with Gasteiger partial charge in [0.2, 0.25) is 5.91 Å². The van der Waals surface area contributed by atoms with E-state index < -0.39 is 0 Å². The van der Waals surface area contributed by atoms with Crippen molar-refractivity contribution in [2.45, 2.75) is 19.3 Å². The fraction of sp³-hybridized carbons (Fsp3) is 0.231. The van der Waals surface area contributed by atoms with Crippen LogP contribution < -0.4 is 14.5 Å². The molecule has 0 saturated carbocycles. The smallest absolute Gasteiger partial charge is 0.258 e. The largest absolute Gasteiger partial charge is 0.497 e. The lowest BCUT2D eigenvalue weighted by atomic mass is 9.88. The van der Waals surface area contributed by atoms with Gasteiger partial charge in [0.25, 0.3) is 5.91 Å². The van der Waals surface area contributed by atoms with Crippen LogP contribution in [-0.4, -0.2) is 32.0 Å². The van der Waals surface area contributed by atoms with E-state index in [9.17, 15) is 9.59 Å². The van der Waals surface area contributed by atoms with Crippen molar-refractivity contribution in [1.29, 1.82) is 0 Å². The number of benzene rings is 3. The molecule has 0 spiro atoms. The Morgan fingerprint density at radius 1 is 1.03 bits per heavy atom. The minimum absolute atomic E-state index is 0.0267. The number of fused-ring (bicyclic) bond motifs is 1. The average Bonchev–Trinajstić information content (AvgIpc) is 2.84. The zero-order valence-electron chi connectivity index (χ0n) is 18.1. The lowest BCUT2D eigenvalue weighted by Crippen LogP contribution is -2.42. The molecule has 0 radical (unpaired) electrons. The standard InChI is InChI=1S/C26H25ClN2O3/c1-3-28(20-12-10-19(27)11-13-20)26(31)23-16-17-29(24-7-5-4-6-22(23)24)25(30)18-8-14-21(32-2)15-9-18/h4-15,23H,3,16-17H2,1-2H3/t23-/m0/s1. The second kappa shape index (κ2) is 9.45. The van der Waals surface area contributed by atoms with Gasteiger partial charge in [-0.25, -0.2) is 0 Å². The second-order valence-electron chi connectivity index (χ2n) is 7.64. The monoisotopic (exact) mass is 448 g/mol. The van der Waals surface area contributed by atoms with E-state index in [0.29, 0.717) is 35.8 Å². The lowest BCUT2D eigenvalue weighted by molar-refractivity contribution is -0.120. The van der Waals surface area contributed by atoms with Crippen LogP contribution >= 0.6 is 11.6 Å². The number of amides is 2. The molecule has 0 bridgehead atoms. The number of carbonyl (C=O) groups is 2. The molecule has 1 heterocycles. The van der Waals surface area contributed by atoms with Crippen LogP contribution in [0.3, 0.4) is 0 Å². The highest BCUT2D eigenvalue weighted by molar-refractivity contribution is 6.30. The summed E-state index contributed by atoms with van der Waals surface area (Å²) in [6.07, 6.45) is 0.557. The highest BCUT2D eigenvalue weighted by atomic mass is 35.5. The van der Waals surface area contributed by atoms with Crippen LogP contribution in [0.5, 0.6) is 5.75 Å². The Hall–Kier alpha value is -3.31. The number of rotatable bonds is 5. The van der Waals surface area contributed by atoms with Gasteiger partial charge in [0.05, 0.1) is 13.0 Å². The van der Waals surface area contributed by atoms with Crippen molar-refractivity contribution in [3.8, 4) is 5.75 Å². The summed E-state index contributed by atoms with van der Waals surface area (Å²) in [5.74, 6) is 0.324. The number of anilines is 2. The average molecular weight is 449 g/mol. The predicted molar refractivity (Wildman–Crippen MR) is 128 cm³/mol. The number of methoxy groups -OCH3 is 1. The molecule has 1 aliphatic heterocycles. The first-order chi connectivity index (χ1) is 15.5. The van der Waals surface area contributed by atoms with Crippen LogP contribution in [0.2, 0.25) is 5.02 Å². The second-order valence-corrected chi connectivity index (χ2v) is 8.08. The van der Waals surface area contributed by atoms with E-state index >= 15 is 0 Å². The van der Waals surface area contributed by atoms with E-state index in [-0.39, 0.29) is 17.7 Å². The molecule has 1 aliphatic rings. The molecular formula is C26H25ClN2O3. The molecule has 3 aromatic rings. The zero-order valence-corrected chi connectivity index (χ0v) is 18.9. The molecule has 0 fully saturated rings. The molecule has 0 aliphatic carbocycles. The fourth-order valence-corrected chi connectivity index (χ4v) is 4.32. The van der Waals surface area contributed by atoms with Crippen LogP contribution in [-0.2, 0) is 4.79 Å². The summed E-state index contributed by atoms with van der Waals surface area (Å²) in [5, 5.41) is 0.632. The Morgan fingerprint density at radius 2 is 1.72 bits per heavy atom. The Kier molecular flexibility index (Phi) is 6.47. The van der Waals surface area contributed by atoms with E-state index in [4.69, 9.17) is 16.3 Å². The molecule has 164 valence electrons. The number of hydrogen-bond donors (Lipinski definition) is 0. The van der Waals surface area contributed by atoms with Gasteiger partial charge in [-0.3, -0.25) is 9.59 Å². The summed E-state index contributed by atoms with van der Waals surface area (Å²) in [7, 11) is 1.60. The lowest BCUT2D eigenvalue weighted by Gasteiger charge is -2.36. The summed E-state index contributed by atoms with van der Waals surface area (Å²) < 4.78 is 5.19. The quantitative estimate of drug-likeness (QED) is 0.515. The zero-order chi connectivity index (χ0) is 22.7. The molecule has 0 N–H and O–H groups in total. The summed E-state index contributed by atoms with van der Waals surface area (Å²) >= 11 is 6.02. The minimum atomic E-state index is -0.318. The molecule has 4 rings (SSSR count). The van der Waals surface area contributed by atoms with Gasteiger partial charge in [-0.1, -0.05) is 29.8 Å². The number of ether oxygens (including phenoxy) is 1. The van der Waals surface area contributed by atoms with E-state index in [0.717, 1.165) is 16.9 Å². The van der Waals surface area contributed by atoms with Gasteiger partial charge < -0.3 is 14.5 Å². The van der Waals surface area contributed by atoms with Gasteiger partial charge >= 0.3 is 0 Å². The molecule has 2 amide bonds. The molecule has 3 aromatic carbocycles. The van der Waals surface area contributed by atoms with Crippen LogP contribution in [0.1, 0.15) is 35.2 Å². The maximum Gasteiger partial charge on any atom is 0.258 e. The Balaban J connectivity index is 1.63. The van der Waals surface area contributed by atoms with Crippen LogP contribution in [0.25, 0.3) is 0 Å². The number of hydrogen-bond acceptors (Lipinski definition) is 3. The summed E-state index contributed by atoms with van der Waals surface area (Å²) in [4.78, 5) is 30.4. The van der Waals surface area contributed by atoms with Crippen molar-refractivity contribution in [2.75, 3.05) is 30.0 Å². The fourth-order valence-electron chi connectivity index (χ4n) is 4.19. The summed E-state index contributed by atoms with van der Waals surface area (Å²) in [6.45, 7) is 2.98. The maximum atomic E-state index is 13.6. The third-order valence-electron chi connectivity index (χ3n) is 5.85. The number of nitrogens with zero attached hydrogens (tertiary/aromatic N) is 2. The summed E-state index contributed by atoms with van der Waals surface area (Å²) in [5.41, 5.74) is 3.06. The predicted octanol–water partition coefficient (Wildman–Crippen LogP) is 5.54. The van der Waals surface area contributed by atoms with Gasteiger partial charge in [-0.15, -0.1) is 0 Å². The van der Waals surface area contributed by atoms with Gasteiger partial charge in [-0.05, 0) is 73.5 Å². The molecule has 0 aromatic heterocycles. The molecule has 1 atom stereocenters. The van der Waals surface area contributed by atoms with Crippen molar-refractivity contribution < 1.29 is 14.3 Å². The highest BCUT2D eigenvalue weighted by Gasteiger charge is 2.35. The molecule has 6 heteroatoms. The number of likely N-dealkylation sites (N-methyl/N-ethyl adjacent to an activating group) is 1. The van der Waals surface area contributed by atoms with Crippen molar-refractivity contribution >= 4 is 34.8 Å². The summed E-state index contributed by atoms with van der Waals surface area (Å²) in [6, 6.07) is 22.1. The molecule has 32 heavy (non-hydrogen) atoms. The van der Waals surface area contributed by atoms with Crippen LogP contribution in [0, 0.1) is 0 Å². The third-order valence-corrected chi connectivity index (χ3v) is 6.10. The van der Waals surface area contributed by atoms with Crippen molar-refractivity contribution in [2.24, 2.45) is 0 Å². The van der Waals surface area contributed by atoms with E-state index in [1.165, 1.54) is 0 Å². The number of halogens is 1. The SMILES string of the molecule is CCN(C(=O)[C@H]1CCN(C(=O)c2ccc(OC)cc2)c2ccccc21)c1ccc(Cl)cc1. The first-order valence-electron chi connectivity index (χ1n) is 10.6. The van der Waals surface area contributed by atoms with E-state index in [1.54, 1.807) is 53.3 Å². The van der Waals surface area contributed by atoms with Crippen molar-refractivity contribution in [1.82, 2.24) is 0 Å². The Labute approximate surface area is 193 Å². The Bertz CT molecular complexity index is 1110. The normalized spacial score (nSPS) is 15.1. The third kappa shape index (κ3) is 4.21. The number of para-hydroxylation sites is 1. The highest BCUT2D eigenvalue weighted by Crippen LogP contribution is 2.38. The van der Waals surface area contributed by atoms with Crippen molar-refractivity contribution in [3.05, 3.63) is 88.9 Å². The number of carbonyl (C=O) groups excluding carboxylic acids is 2. The first-order valence-corrected chi connectivity index (χ1v) is 11.0. The topological polar surface area (TPSA) is 49.9 Å². The molecule has 0 unspecified atom stereocenters. The van der Waals surface area contributed by atoms with Crippen LogP contribution in [0.4, 0.5) is 11.4 Å². The minimum Gasteiger partial charge on any atom is -0.497 e. The van der Waals surface area contributed by atoms with E-state index in [1.807, 2.05) is 43.3 Å². The van der Waals surface area contributed by atoms with Gasteiger partial charge in [0.15, 0.2) is 0 Å². The molecule has 5 nitrogen and oxygen atoms in total. The Morgan fingerprint density at radius 3 is 2.38 bits per heavy atom. The van der Waals surface area contributed by atoms with Crippen LogP contribution in [0.15, 0.2) is 72.8 Å². The van der Waals surface area contributed by atoms with Gasteiger partial charge in [-0.2, -0.15) is 0 Å². The van der Waals surface area contributed by atoms with Gasteiger partial charge in [0, 0.05) is 35.1 Å². The first kappa shape index (κ1) is 21.9. The maximum absolute atomic E-state index is 13.6.